The Bertz CT molecular complexity index is 461. The van der Waals surface area contributed by atoms with Crippen molar-refractivity contribution in [2.24, 2.45) is 11.7 Å². The number of rotatable bonds is 7. The number of hydrogen-bond donors (Lipinski definition) is 2. The number of carbonyl (C=O) groups is 1. The molecule has 1 amide bonds. The highest BCUT2D eigenvalue weighted by Crippen LogP contribution is 2.33. The number of methoxy groups -OCH3 is 2. The lowest BCUT2D eigenvalue weighted by atomic mass is 10.0. The molecule has 20 heavy (non-hydrogen) atoms. The summed E-state index contributed by atoms with van der Waals surface area (Å²) in [5, 5.41) is 2.92. The van der Waals surface area contributed by atoms with Crippen LogP contribution in [0.25, 0.3) is 0 Å². The molecule has 1 atom stereocenters. The van der Waals surface area contributed by atoms with Crippen LogP contribution in [0.15, 0.2) is 12.1 Å². The second kappa shape index (κ2) is 7.75. The Hall–Kier alpha value is -1.75. The van der Waals surface area contributed by atoms with E-state index in [1.807, 2.05) is 19.9 Å². The molecule has 0 radical (unpaired) electrons. The van der Waals surface area contributed by atoms with Gasteiger partial charge in [-0.1, -0.05) is 13.3 Å². The number of amides is 1. The molecule has 5 heteroatoms. The molecule has 0 aromatic heterocycles. The molecule has 1 aromatic rings. The van der Waals surface area contributed by atoms with Crippen LogP contribution in [0.3, 0.4) is 0 Å². The van der Waals surface area contributed by atoms with Crippen LogP contribution < -0.4 is 20.5 Å². The monoisotopic (exact) mass is 280 g/mol. The summed E-state index contributed by atoms with van der Waals surface area (Å²) >= 11 is 0. The first-order valence-corrected chi connectivity index (χ1v) is 6.80. The first-order chi connectivity index (χ1) is 9.57. The molecule has 0 aliphatic rings. The van der Waals surface area contributed by atoms with Gasteiger partial charge in [0.25, 0.3) is 0 Å². The molecule has 0 fully saturated rings. The largest absolute Gasteiger partial charge is 0.493 e. The lowest BCUT2D eigenvalue weighted by Gasteiger charge is -2.17. The van der Waals surface area contributed by atoms with E-state index in [2.05, 4.69) is 5.32 Å². The lowest BCUT2D eigenvalue weighted by Crippen LogP contribution is -2.29. The predicted octanol–water partition coefficient (Wildman–Crippen LogP) is 2.33. The van der Waals surface area contributed by atoms with Gasteiger partial charge in [0, 0.05) is 18.3 Å². The van der Waals surface area contributed by atoms with Crippen molar-refractivity contribution in [1.82, 2.24) is 0 Å². The topological polar surface area (TPSA) is 73.6 Å². The molecule has 1 aromatic carbocycles. The molecule has 1 unspecified atom stereocenters. The number of nitrogens with two attached hydrogens (primary N) is 1. The van der Waals surface area contributed by atoms with Gasteiger partial charge in [-0.2, -0.15) is 0 Å². The summed E-state index contributed by atoms with van der Waals surface area (Å²) in [7, 11) is 3.15. The number of nitrogens with one attached hydrogen (secondary N) is 1. The van der Waals surface area contributed by atoms with Crippen molar-refractivity contribution in [3.8, 4) is 11.5 Å². The minimum absolute atomic E-state index is 0.0512. The molecule has 0 bridgehead atoms. The van der Waals surface area contributed by atoms with Crippen LogP contribution >= 0.6 is 0 Å². The van der Waals surface area contributed by atoms with Gasteiger partial charge in [0.1, 0.15) is 0 Å². The summed E-state index contributed by atoms with van der Waals surface area (Å²) in [4.78, 5) is 12.2. The average molecular weight is 280 g/mol. The maximum atomic E-state index is 12.2. The molecule has 0 aliphatic carbocycles. The molecule has 0 saturated carbocycles. The van der Waals surface area contributed by atoms with E-state index in [1.54, 1.807) is 20.3 Å². The Morgan fingerprint density at radius 1 is 1.30 bits per heavy atom. The van der Waals surface area contributed by atoms with Crippen LogP contribution in [-0.4, -0.2) is 26.7 Å². The van der Waals surface area contributed by atoms with Gasteiger partial charge in [-0.3, -0.25) is 4.79 Å². The Morgan fingerprint density at radius 3 is 2.40 bits per heavy atom. The zero-order valence-corrected chi connectivity index (χ0v) is 12.7. The highest BCUT2D eigenvalue weighted by atomic mass is 16.5. The van der Waals surface area contributed by atoms with Crippen LogP contribution in [0, 0.1) is 12.8 Å². The van der Waals surface area contributed by atoms with E-state index in [-0.39, 0.29) is 11.8 Å². The maximum absolute atomic E-state index is 12.2. The van der Waals surface area contributed by atoms with Gasteiger partial charge in [-0.05, 0) is 25.0 Å². The predicted molar refractivity (Wildman–Crippen MR) is 80.4 cm³/mol. The van der Waals surface area contributed by atoms with Gasteiger partial charge in [0.2, 0.25) is 5.91 Å². The van der Waals surface area contributed by atoms with E-state index in [1.165, 1.54) is 0 Å². The normalized spacial score (nSPS) is 11.8. The second-order valence-corrected chi connectivity index (χ2v) is 4.73. The molecular formula is C15H24N2O3. The third-order valence-corrected chi connectivity index (χ3v) is 3.28. The highest BCUT2D eigenvalue weighted by Gasteiger charge is 2.17. The summed E-state index contributed by atoms with van der Waals surface area (Å²) in [6.45, 7) is 4.30. The van der Waals surface area contributed by atoms with Crippen molar-refractivity contribution >= 4 is 11.6 Å². The summed E-state index contributed by atoms with van der Waals surface area (Å²) in [6, 6.07) is 3.61. The minimum Gasteiger partial charge on any atom is -0.493 e. The van der Waals surface area contributed by atoms with Crippen molar-refractivity contribution in [2.45, 2.75) is 26.7 Å². The van der Waals surface area contributed by atoms with Crippen LogP contribution in [0.1, 0.15) is 25.3 Å². The zero-order valence-electron chi connectivity index (χ0n) is 12.7. The van der Waals surface area contributed by atoms with Gasteiger partial charge in [-0.25, -0.2) is 0 Å². The standard InChI is InChI=1S/C15H24N2O3/c1-5-6-11(9-16)15(18)17-12-8-14(20-4)13(19-3)7-10(12)2/h7-8,11H,5-6,9,16H2,1-4H3,(H,17,18). The third kappa shape index (κ3) is 3.87. The zero-order chi connectivity index (χ0) is 15.1. The van der Waals surface area contributed by atoms with Crippen LogP contribution in [-0.2, 0) is 4.79 Å². The minimum atomic E-state index is -0.160. The van der Waals surface area contributed by atoms with Gasteiger partial charge in [0.15, 0.2) is 11.5 Å². The van der Waals surface area contributed by atoms with Crippen molar-refractivity contribution < 1.29 is 14.3 Å². The van der Waals surface area contributed by atoms with E-state index in [4.69, 9.17) is 15.2 Å². The number of aryl methyl sites for hydroxylation is 1. The number of anilines is 1. The first kappa shape index (κ1) is 16.3. The van der Waals surface area contributed by atoms with Gasteiger partial charge in [-0.15, -0.1) is 0 Å². The number of benzene rings is 1. The Labute approximate surface area is 120 Å². The van der Waals surface area contributed by atoms with E-state index >= 15 is 0 Å². The fraction of sp³-hybridized carbons (Fsp3) is 0.533. The van der Waals surface area contributed by atoms with Gasteiger partial charge in [0.05, 0.1) is 20.1 Å². The number of ether oxygens (including phenoxy) is 2. The summed E-state index contributed by atoms with van der Waals surface area (Å²) in [5.41, 5.74) is 7.29. The van der Waals surface area contributed by atoms with E-state index in [9.17, 15) is 4.79 Å². The summed E-state index contributed by atoms with van der Waals surface area (Å²) in [6.07, 6.45) is 1.72. The van der Waals surface area contributed by atoms with E-state index < -0.39 is 0 Å². The molecule has 0 spiro atoms. The van der Waals surface area contributed by atoms with Crippen molar-refractivity contribution in [1.29, 1.82) is 0 Å². The third-order valence-electron chi connectivity index (χ3n) is 3.28. The number of carbonyl (C=O) groups excluding carboxylic acids is 1. The number of hydrogen-bond acceptors (Lipinski definition) is 4. The fourth-order valence-electron chi connectivity index (χ4n) is 2.05. The molecule has 0 saturated heterocycles. The van der Waals surface area contributed by atoms with Crippen LogP contribution in [0.5, 0.6) is 11.5 Å². The smallest absolute Gasteiger partial charge is 0.228 e. The first-order valence-electron chi connectivity index (χ1n) is 6.80. The molecule has 0 aliphatic heterocycles. The van der Waals surface area contributed by atoms with Gasteiger partial charge >= 0.3 is 0 Å². The second-order valence-electron chi connectivity index (χ2n) is 4.73. The summed E-state index contributed by atoms with van der Waals surface area (Å²) < 4.78 is 10.5. The highest BCUT2D eigenvalue weighted by molar-refractivity contribution is 5.93. The molecule has 0 heterocycles. The fourth-order valence-corrected chi connectivity index (χ4v) is 2.05. The molecule has 1 rings (SSSR count). The van der Waals surface area contributed by atoms with Crippen molar-refractivity contribution in [3.63, 3.8) is 0 Å². The molecule has 112 valence electrons. The lowest BCUT2D eigenvalue weighted by molar-refractivity contribution is -0.119. The average Bonchev–Trinajstić information content (AvgIpc) is 2.46. The molecule has 3 N–H and O–H groups in total. The van der Waals surface area contributed by atoms with E-state index in [0.29, 0.717) is 18.0 Å². The van der Waals surface area contributed by atoms with Crippen molar-refractivity contribution in [3.05, 3.63) is 17.7 Å². The van der Waals surface area contributed by atoms with Crippen LogP contribution in [0.4, 0.5) is 5.69 Å². The Morgan fingerprint density at radius 2 is 1.90 bits per heavy atom. The van der Waals surface area contributed by atoms with Gasteiger partial charge < -0.3 is 20.5 Å². The van der Waals surface area contributed by atoms with Crippen LogP contribution in [0.2, 0.25) is 0 Å². The molecular weight excluding hydrogens is 256 g/mol. The summed E-state index contributed by atoms with van der Waals surface area (Å²) in [5.74, 6) is 1.03. The van der Waals surface area contributed by atoms with E-state index in [0.717, 1.165) is 24.1 Å². The SMILES string of the molecule is CCCC(CN)C(=O)Nc1cc(OC)c(OC)cc1C. The Kier molecular flexibility index (Phi) is 6.31. The molecule has 5 nitrogen and oxygen atoms in total. The quantitative estimate of drug-likeness (QED) is 0.804. The van der Waals surface area contributed by atoms with Crippen molar-refractivity contribution in [2.75, 3.05) is 26.1 Å². The Balaban J connectivity index is 2.94. The maximum Gasteiger partial charge on any atom is 0.228 e.